The highest BCUT2D eigenvalue weighted by Gasteiger charge is 2.17. The highest BCUT2D eigenvalue weighted by Crippen LogP contribution is 1.92. The summed E-state index contributed by atoms with van der Waals surface area (Å²) >= 11 is 0. The molecule has 76 valence electrons. The van der Waals surface area contributed by atoms with Crippen molar-refractivity contribution in [2.45, 2.75) is 6.92 Å². The molecule has 14 heavy (non-hydrogen) atoms. The van der Waals surface area contributed by atoms with E-state index in [4.69, 9.17) is 5.26 Å². The van der Waals surface area contributed by atoms with Gasteiger partial charge in [-0.15, -0.1) is 0 Å². The van der Waals surface area contributed by atoms with Crippen molar-refractivity contribution in [1.29, 1.82) is 5.26 Å². The molecule has 5 nitrogen and oxygen atoms in total. The Kier molecular flexibility index (Phi) is 5.00. The lowest BCUT2D eigenvalue weighted by atomic mass is 10.3. The minimum absolute atomic E-state index is 0.161. The van der Waals surface area contributed by atoms with Crippen LogP contribution >= 0.6 is 0 Å². The molecule has 0 aliphatic heterocycles. The number of nitrogens with one attached hydrogen (secondary N) is 1. The molecule has 0 bridgehead atoms. The molecule has 0 aliphatic carbocycles. The van der Waals surface area contributed by atoms with E-state index in [2.05, 4.69) is 11.9 Å². The molecular formula is C9H13N3O2. The number of carbonyl (C=O) groups excluding carboxylic acids is 2. The first-order valence-corrected chi connectivity index (χ1v) is 4.03. The van der Waals surface area contributed by atoms with Crippen molar-refractivity contribution in [3.05, 3.63) is 12.2 Å². The minimum Gasteiger partial charge on any atom is -0.335 e. The van der Waals surface area contributed by atoms with Crippen molar-refractivity contribution in [3.8, 4) is 6.07 Å². The van der Waals surface area contributed by atoms with Crippen molar-refractivity contribution in [1.82, 2.24) is 10.2 Å². The Morgan fingerprint density at radius 2 is 2.14 bits per heavy atom. The van der Waals surface area contributed by atoms with Crippen LogP contribution in [0.15, 0.2) is 12.2 Å². The van der Waals surface area contributed by atoms with Gasteiger partial charge in [-0.05, 0) is 6.92 Å². The van der Waals surface area contributed by atoms with E-state index in [1.807, 2.05) is 0 Å². The van der Waals surface area contributed by atoms with Crippen LogP contribution in [0.4, 0.5) is 0 Å². The van der Waals surface area contributed by atoms with Gasteiger partial charge in [-0.1, -0.05) is 12.2 Å². The molecule has 0 fully saturated rings. The lowest BCUT2D eigenvalue weighted by Gasteiger charge is -2.15. The molecule has 0 aromatic rings. The van der Waals surface area contributed by atoms with Crippen LogP contribution in [-0.4, -0.2) is 36.9 Å². The zero-order valence-corrected chi connectivity index (χ0v) is 8.33. The van der Waals surface area contributed by atoms with Gasteiger partial charge >= 0.3 is 11.8 Å². The Bertz CT molecular complexity index is 291. The molecule has 0 spiro atoms. The van der Waals surface area contributed by atoms with Crippen LogP contribution in [0.1, 0.15) is 6.92 Å². The van der Waals surface area contributed by atoms with Gasteiger partial charge in [0.2, 0.25) is 0 Å². The van der Waals surface area contributed by atoms with E-state index >= 15 is 0 Å². The van der Waals surface area contributed by atoms with E-state index in [-0.39, 0.29) is 6.54 Å². The Morgan fingerprint density at radius 3 is 2.57 bits per heavy atom. The third kappa shape index (κ3) is 4.26. The molecule has 0 unspecified atom stereocenters. The second kappa shape index (κ2) is 5.75. The SMILES string of the molecule is C=C(C)CN(C)C(=O)C(=O)NCC#N. The number of amides is 2. The average molecular weight is 195 g/mol. The fraction of sp³-hybridized carbons (Fsp3) is 0.444. The summed E-state index contributed by atoms with van der Waals surface area (Å²) in [5.41, 5.74) is 0.786. The zero-order chi connectivity index (χ0) is 11.1. The summed E-state index contributed by atoms with van der Waals surface area (Å²) in [5, 5.41) is 10.3. The predicted octanol–water partition coefficient (Wildman–Crippen LogP) is -0.339. The molecule has 0 aromatic carbocycles. The van der Waals surface area contributed by atoms with Gasteiger partial charge in [-0.2, -0.15) is 5.26 Å². The first kappa shape index (κ1) is 12.2. The highest BCUT2D eigenvalue weighted by atomic mass is 16.2. The number of rotatable bonds is 3. The predicted molar refractivity (Wildman–Crippen MR) is 51.1 cm³/mol. The standard InChI is InChI=1S/C9H13N3O2/c1-7(2)6-12(3)9(14)8(13)11-5-4-10/h1,5-6H2,2-3H3,(H,11,13). The highest BCUT2D eigenvalue weighted by molar-refractivity contribution is 6.35. The first-order valence-electron chi connectivity index (χ1n) is 4.03. The maximum absolute atomic E-state index is 11.2. The third-order valence-corrected chi connectivity index (χ3v) is 1.38. The smallest absolute Gasteiger partial charge is 0.311 e. The second-order valence-corrected chi connectivity index (χ2v) is 2.96. The van der Waals surface area contributed by atoms with Gasteiger partial charge in [0, 0.05) is 13.6 Å². The van der Waals surface area contributed by atoms with Crippen LogP contribution in [0.3, 0.4) is 0 Å². The zero-order valence-electron chi connectivity index (χ0n) is 8.33. The van der Waals surface area contributed by atoms with Gasteiger partial charge in [0.1, 0.15) is 6.54 Å². The largest absolute Gasteiger partial charge is 0.335 e. The average Bonchev–Trinajstić information content (AvgIpc) is 2.11. The summed E-state index contributed by atoms with van der Waals surface area (Å²) in [4.78, 5) is 23.5. The first-order chi connectivity index (χ1) is 6.49. The molecule has 0 radical (unpaired) electrons. The number of carbonyl (C=O) groups is 2. The van der Waals surface area contributed by atoms with Crippen molar-refractivity contribution in [2.24, 2.45) is 0 Å². The quantitative estimate of drug-likeness (QED) is 0.380. The van der Waals surface area contributed by atoms with Crippen LogP contribution in [0.25, 0.3) is 0 Å². The molecule has 0 saturated carbocycles. The van der Waals surface area contributed by atoms with E-state index in [0.717, 1.165) is 5.57 Å². The number of hydrogen-bond donors (Lipinski definition) is 1. The topological polar surface area (TPSA) is 73.2 Å². The molecule has 0 saturated heterocycles. The van der Waals surface area contributed by atoms with Gasteiger partial charge in [0.15, 0.2) is 0 Å². The second-order valence-electron chi connectivity index (χ2n) is 2.96. The molecule has 0 heterocycles. The van der Waals surface area contributed by atoms with E-state index in [1.54, 1.807) is 13.0 Å². The van der Waals surface area contributed by atoms with Crippen molar-refractivity contribution < 1.29 is 9.59 Å². The summed E-state index contributed by atoms with van der Waals surface area (Å²) < 4.78 is 0. The lowest BCUT2D eigenvalue weighted by molar-refractivity contribution is -0.144. The van der Waals surface area contributed by atoms with Crippen LogP contribution < -0.4 is 5.32 Å². The fourth-order valence-corrected chi connectivity index (χ4v) is 0.845. The molecule has 1 N–H and O–H groups in total. The number of hydrogen-bond acceptors (Lipinski definition) is 3. The van der Waals surface area contributed by atoms with Gasteiger partial charge in [0.05, 0.1) is 6.07 Å². The normalized spacial score (nSPS) is 8.64. The Hall–Kier alpha value is -1.83. The maximum Gasteiger partial charge on any atom is 0.311 e. The summed E-state index contributed by atoms with van der Waals surface area (Å²) in [7, 11) is 1.50. The van der Waals surface area contributed by atoms with Gasteiger partial charge in [-0.25, -0.2) is 0 Å². The van der Waals surface area contributed by atoms with E-state index in [0.29, 0.717) is 6.54 Å². The van der Waals surface area contributed by atoms with Crippen LogP contribution in [-0.2, 0) is 9.59 Å². The number of nitrogens with zero attached hydrogens (tertiary/aromatic N) is 2. The third-order valence-electron chi connectivity index (χ3n) is 1.38. The van der Waals surface area contributed by atoms with Gasteiger partial charge < -0.3 is 10.2 Å². The fourth-order valence-electron chi connectivity index (χ4n) is 0.845. The monoisotopic (exact) mass is 195 g/mol. The Labute approximate surface area is 83.0 Å². The summed E-state index contributed by atoms with van der Waals surface area (Å²) in [6.45, 7) is 5.55. The van der Waals surface area contributed by atoms with Crippen LogP contribution in [0, 0.1) is 11.3 Å². The summed E-state index contributed by atoms with van der Waals surface area (Å²) in [5.74, 6) is -1.43. The molecular weight excluding hydrogens is 182 g/mol. The number of likely N-dealkylation sites (N-methyl/N-ethyl adjacent to an activating group) is 1. The van der Waals surface area contributed by atoms with E-state index in [1.165, 1.54) is 11.9 Å². The van der Waals surface area contributed by atoms with Crippen LogP contribution in [0.5, 0.6) is 0 Å². The molecule has 0 rings (SSSR count). The van der Waals surface area contributed by atoms with Crippen molar-refractivity contribution in [3.63, 3.8) is 0 Å². The Balaban J connectivity index is 4.12. The molecule has 0 aromatic heterocycles. The molecule has 2 amide bonds. The maximum atomic E-state index is 11.2. The lowest BCUT2D eigenvalue weighted by Crippen LogP contribution is -2.41. The number of nitriles is 1. The van der Waals surface area contributed by atoms with Crippen molar-refractivity contribution >= 4 is 11.8 Å². The van der Waals surface area contributed by atoms with Gasteiger partial charge in [0.25, 0.3) is 0 Å². The van der Waals surface area contributed by atoms with Gasteiger partial charge in [-0.3, -0.25) is 9.59 Å². The Morgan fingerprint density at radius 1 is 1.57 bits per heavy atom. The van der Waals surface area contributed by atoms with E-state index < -0.39 is 11.8 Å². The van der Waals surface area contributed by atoms with Crippen LogP contribution in [0.2, 0.25) is 0 Å². The minimum atomic E-state index is -0.768. The molecule has 0 atom stereocenters. The van der Waals surface area contributed by atoms with E-state index in [9.17, 15) is 9.59 Å². The molecule has 5 heteroatoms. The van der Waals surface area contributed by atoms with Crippen molar-refractivity contribution in [2.75, 3.05) is 20.1 Å². The molecule has 0 aliphatic rings. The summed E-state index contributed by atoms with van der Waals surface area (Å²) in [6, 6.07) is 1.71. The summed E-state index contributed by atoms with van der Waals surface area (Å²) in [6.07, 6.45) is 0.